The van der Waals surface area contributed by atoms with Crippen LogP contribution in [0.3, 0.4) is 0 Å². The third kappa shape index (κ3) is 1.66. The zero-order valence-electron chi connectivity index (χ0n) is 8.74. The lowest BCUT2D eigenvalue weighted by molar-refractivity contribution is 0.341. The summed E-state index contributed by atoms with van der Waals surface area (Å²) in [4.78, 5) is 0. The molecule has 1 aromatic heterocycles. The monoisotopic (exact) mass is 194 g/mol. The molecule has 4 heteroatoms. The van der Waals surface area contributed by atoms with Crippen LogP contribution in [0, 0.1) is 6.92 Å². The van der Waals surface area contributed by atoms with E-state index in [0.29, 0.717) is 12.6 Å². The molecule has 1 fully saturated rings. The zero-order valence-corrected chi connectivity index (χ0v) is 8.74. The second-order valence-electron chi connectivity index (χ2n) is 4.03. The zero-order chi connectivity index (χ0) is 9.97. The van der Waals surface area contributed by atoms with Gasteiger partial charge >= 0.3 is 0 Å². The van der Waals surface area contributed by atoms with Crippen molar-refractivity contribution in [3.05, 3.63) is 11.6 Å². The standard InChI is InChI=1S/C10H18N4/c1-8-12-13-10(7-11)14(8)9-5-3-2-4-6-9/h9H,2-7,11H2,1H3. The van der Waals surface area contributed by atoms with E-state index in [1.807, 2.05) is 6.92 Å². The van der Waals surface area contributed by atoms with Gasteiger partial charge in [-0.05, 0) is 19.8 Å². The minimum absolute atomic E-state index is 0.497. The van der Waals surface area contributed by atoms with Crippen LogP contribution >= 0.6 is 0 Å². The number of rotatable bonds is 2. The highest BCUT2D eigenvalue weighted by molar-refractivity contribution is 4.97. The van der Waals surface area contributed by atoms with Gasteiger partial charge in [0.1, 0.15) is 11.6 Å². The average Bonchev–Trinajstić information content (AvgIpc) is 2.61. The third-order valence-corrected chi connectivity index (χ3v) is 3.06. The summed E-state index contributed by atoms with van der Waals surface area (Å²) in [5.41, 5.74) is 5.65. The van der Waals surface area contributed by atoms with Crippen LogP contribution in [0.25, 0.3) is 0 Å². The molecule has 0 aliphatic heterocycles. The Labute approximate surface area is 84.5 Å². The van der Waals surface area contributed by atoms with Gasteiger partial charge in [-0.3, -0.25) is 0 Å². The molecule has 0 bridgehead atoms. The summed E-state index contributed by atoms with van der Waals surface area (Å²) in [6, 6.07) is 0.595. The van der Waals surface area contributed by atoms with Gasteiger partial charge in [0.05, 0.1) is 6.54 Å². The molecule has 0 unspecified atom stereocenters. The number of hydrogen-bond acceptors (Lipinski definition) is 3. The molecule has 0 spiro atoms. The summed E-state index contributed by atoms with van der Waals surface area (Å²) < 4.78 is 2.24. The van der Waals surface area contributed by atoms with Crippen LogP contribution < -0.4 is 5.73 Å². The lowest BCUT2D eigenvalue weighted by Gasteiger charge is -2.24. The van der Waals surface area contributed by atoms with E-state index in [0.717, 1.165) is 11.6 Å². The smallest absolute Gasteiger partial charge is 0.147 e. The first kappa shape index (κ1) is 9.65. The van der Waals surface area contributed by atoms with Gasteiger partial charge in [-0.2, -0.15) is 0 Å². The Balaban J connectivity index is 2.23. The van der Waals surface area contributed by atoms with Crippen molar-refractivity contribution < 1.29 is 0 Å². The quantitative estimate of drug-likeness (QED) is 0.777. The summed E-state index contributed by atoms with van der Waals surface area (Å²) in [6.07, 6.45) is 6.53. The summed E-state index contributed by atoms with van der Waals surface area (Å²) in [5.74, 6) is 1.95. The Morgan fingerprint density at radius 1 is 1.29 bits per heavy atom. The van der Waals surface area contributed by atoms with Gasteiger partial charge in [0.15, 0.2) is 0 Å². The minimum Gasteiger partial charge on any atom is -0.324 e. The molecular formula is C10H18N4. The fourth-order valence-electron chi connectivity index (χ4n) is 2.37. The minimum atomic E-state index is 0.497. The first-order valence-corrected chi connectivity index (χ1v) is 5.43. The molecule has 1 aliphatic carbocycles. The van der Waals surface area contributed by atoms with Crippen LogP contribution in [0.15, 0.2) is 0 Å². The maximum Gasteiger partial charge on any atom is 0.147 e. The van der Waals surface area contributed by atoms with Gasteiger partial charge in [-0.15, -0.1) is 10.2 Å². The Morgan fingerprint density at radius 3 is 2.64 bits per heavy atom. The van der Waals surface area contributed by atoms with Crippen molar-refractivity contribution >= 4 is 0 Å². The van der Waals surface area contributed by atoms with Crippen LogP contribution in [-0.2, 0) is 6.54 Å². The van der Waals surface area contributed by atoms with Gasteiger partial charge in [-0.25, -0.2) is 0 Å². The van der Waals surface area contributed by atoms with Gasteiger partial charge in [0.25, 0.3) is 0 Å². The van der Waals surface area contributed by atoms with Crippen LogP contribution in [-0.4, -0.2) is 14.8 Å². The fourth-order valence-corrected chi connectivity index (χ4v) is 2.37. The highest BCUT2D eigenvalue weighted by Crippen LogP contribution is 2.29. The number of nitrogens with zero attached hydrogens (tertiary/aromatic N) is 3. The summed E-state index contributed by atoms with van der Waals surface area (Å²) in [5, 5.41) is 8.19. The van der Waals surface area contributed by atoms with E-state index in [2.05, 4.69) is 14.8 Å². The number of aryl methyl sites for hydroxylation is 1. The number of aromatic nitrogens is 3. The van der Waals surface area contributed by atoms with Gasteiger partial charge in [0, 0.05) is 6.04 Å². The van der Waals surface area contributed by atoms with Crippen molar-refractivity contribution in [3.63, 3.8) is 0 Å². The van der Waals surface area contributed by atoms with E-state index in [1.54, 1.807) is 0 Å². The maximum atomic E-state index is 5.65. The van der Waals surface area contributed by atoms with Crippen molar-refractivity contribution in [3.8, 4) is 0 Å². The normalized spacial score (nSPS) is 18.7. The summed E-state index contributed by atoms with van der Waals surface area (Å²) in [6.45, 7) is 2.51. The van der Waals surface area contributed by atoms with Crippen molar-refractivity contribution in [1.29, 1.82) is 0 Å². The predicted octanol–water partition coefficient (Wildman–Crippen LogP) is 1.55. The van der Waals surface area contributed by atoms with Crippen LogP contribution in [0.5, 0.6) is 0 Å². The molecule has 0 aromatic carbocycles. The molecule has 2 rings (SSSR count). The maximum absolute atomic E-state index is 5.65. The molecule has 1 aromatic rings. The van der Waals surface area contributed by atoms with E-state index < -0.39 is 0 Å². The molecule has 2 N–H and O–H groups in total. The van der Waals surface area contributed by atoms with Crippen molar-refractivity contribution in [2.75, 3.05) is 0 Å². The second-order valence-corrected chi connectivity index (χ2v) is 4.03. The Bertz CT molecular complexity index is 299. The largest absolute Gasteiger partial charge is 0.324 e. The highest BCUT2D eigenvalue weighted by atomic mass is 15.3. The SMILES string of the molecule is Cc1nnc(CN)n1C1CCCCC1. The molecule has 0 radical (unpaired) electrons. The fraction of sp³-hybridized carbons (Fsp3) is 0.800. The first-order valence-electron chi connectivity index (χ1n) is 5.43. The Morgan fingerprint density at radius 2 is 2.00 bits per heavy atom. The molecule has 0 atom stereocenters. The average molecular weight is 194 g/mol. The van der Waals surface area contributed by atoms with Crippen LogP contribution in [0.2, 0.25) is 0 Å². The van der Waals surface area contributed by atoms with Crippen molar-refractivity contribution in [1.82, 2.24) is 14.8 Å². The van der Waals surface area contributed by atoms with Crippen molar-refractivity contribution in [2.24, 2.45) is 5.73 Å². The van der Waals surface area contributed by atoms with E-state index in [1.165, 1.54) is 32.1 Å². The van der Waals surface area contributed by atoms with E-state index in [4.69, 9.17) is 5.73 Å². The van der Waals surface area contributed by atoms with E-state index in [-0.39, 0.29) is 0 Å². The number of hydrogen-bond donors (Lipinski definition) is 1. The molecule has 78 valence electrons. The van der Waals surface area contributed by atoms with Crippen molar-refractivity contribution in [2.45, 2.75) is 51.6 Å². The first-order chi connectivity index (χ1) is 6.83. The lowest BCUT2D eigenvalue weighted by atomic mass is 9.95. The molecular weight excluding hydrogens is 176 g/mol. The van der Waals surface area contributed by atoms with Gasteiger partial charge in [-0.1, -0.05) is 19.3 Å². The van der Waals surface area contributed by atoms with E-state index >= 15 is 0 Å². The second kappa shape index (κ2) is 4.09. The molecule has 1 aliphatic rings. The predicted molar refractivity (Wildman–Crippen MR) is 54.8 cm³/mol. The van der Waals surface area contributed by atoms with E-state index in [9.17, 15) is 0 Å². The third-order valence-electron chi connectivity index (χ3n) is 3.06. The molecule has 14 heavy (non-hydrogen) atoms. The molecule has 4 nitrogen and oxygen atoms in total. The molecule has 1 heterocycles. The molecule has 0 amide bonds. The highest BCUT2D eigenvalue weighted by Gasteiger charge is 2.19. The topological polar surface area (TPSA) is 56.7 Å². The van der Waals surface area contributed by atoms with Gasteiger partial charge < -0.3 is 10.3 Å². The lowest BCUT2D eigenvalue weighted by Crippen LogP contribution is -2.18. The number of nitrogens with two attached hydrogens (primary N) is 1. The Kier molecular flexibility index (Phi) is 2.82. The molecule has 0 saturated heterocycles. The van der Waals surface area contributed by atoms with Gasteiger partial charge in [0.2, 0.25) is 0 Å². The summed E-state index contributed by atoms with van der Waals surface area (Å²) in [7, 11) is 0. The molecule has 1 saturated carbocycles. The Hall–Kier alpha value is -0.900. The summed E-state index contributed by atoms with van der Waals surface area (Å²) >= 11 is 0. The van der Waals surface area contributed by atoms with Crippen LogP contribution in [0.1, 0.15) is 49.8 Å². The van der Waals surface area contributed by atoms with Crippen LogP contribution in [0.4, 0.5) is 0 Å².